The average Bonchev–Trinajstić information content (AvgIpc) is 2.92. The van der Waals surface area contributed by atoms with Crippen LogP contribution in [0.2, 0.25) is 0 Å². The fourth-order valence-electron chi connectivity index (χ4n) is 4.48. The van der Waals surface area contributed by atoms with E-state index >= 15 is 0 Å². The minimum Gasteiger partial charge on any atom is -0.497 e. The molecule has 2 aromatic rings. The summed E-state index contributed by atoms with van der Waals surface area (Å²) in [7, 11) is 3.17. The van der Waals surface area contributed by atoms with Crippen LogP contribution in [0.4, 0.5) is 10.5 Å². The van der Waals surface area contributed by atoms with E-state index in [1.54, 1.807) is 37.3 Å². The van der Waals surface area contributed by atoms with Crippen LogP contribution < -0.4 is 25.4 Å². The highest BCUT2D eigenvalue weighted by molar-refractivity contribution is 6.10. The predicted molar refractivity (Wildman–Crippen MR) is 128 cm³/mol. The Morgan fingerprint density at radius 1 is 1.09 bits per heavy atom. The summed E-state index contributed by atoms with van der Waals surface area (Å²) in [6.45, 7) is 4.14. The molecule has 2 aliphatic rings. The van der Waals surface area contributed by atoms with Crippen LogP contribution in [0.1, 0.15) is 37.0 Å². The Bertz CT molecular complexity index is 1120. The van der Waals surface area contributed by atoms with Gasteiger partial charge < -0.3 is 30.3 Å². The lowest BCUT2D eigenvalue weighted by Crippen LogP contribution is -2.56. The van der Waals surface area contributed by atoms with Gasteiger partial charge >= 0.3 is 6.03 Å². The van der Waals surface area contributed by atoms with Crippen molar-refractivity contribution in [3.8, 4) is 22.6 Å². The van der Waals surface area contributed by atoms with Crippen LogP contribution in [0.5, 0.6) is 11.5 Å². The Morgan fingerprint density at radius 2 is 1.88 bits per heavy atom. The van der Waals surface area contributed by atoms with Crippen molar-refractivity contribution in [1.82, 2.24) is 15.5 Å². The Morgan fingerprint density at radius 3 is 2.59 bits per heavy atom. The van der Waals surface area contributed by atoms with Gasteiger partial charge in [0.25, 0.3) is 5.91 Å². The molecule has 2 atom stereocenters. The zero-order valence-electron chi connectivity index (χ0n) is 19.8. The lowest BCUT2D eigenvalue weighted by molar-refractivity contribution is -0.121. The first-order valence-corrected chi connectivity index (χ1v) is 11.4. The smallest absolute Gasteiger partial charge is 0.315 e. The van der Waals surface area contributed by atoms with Gasteiger partial charge in [-0.3, -0.25) is 9.59 Å². The van der Waals surface area contributed by atoms with Crippen molar-refractivity contribution in [2.24, 2.45) is 0 Å². The van der Waals surface area contributed by atoms with E-state index in [0.29, 0.717) is 42.1 Å². The molecule has 2 aliphatic heterocycles. The van der Waals surface area contributed by atoms with Gasteiger partial charge in [-0.2, -0.15) is 0 Å². The molecule has 9 heteroatoms. The number of fused-ring (bicyclic) bond motifs is 2. The number of methoxy groups -OCH3 is 2. The van der Waals surface area contributed by atoms with Gasteiger partial charge in [-0.25, -0.2) is 4.79 Å². The number of hydrogen-bond donors (Lipinski definition) is 3. The Hall–Kier alpha value is -3.75. The number of anilines is 1. The van der Waals surface area contributed by atoms with E-state index in [9.17, 15) is 14.4 Å². The number of ether oxygens (including phenoxy) is 2. The van der Waals surface area contributed by atoms with Crippen molar-refractivity contribution >= 4 is 23.5 Å². The van der Waals surface area contributed by atoms with Crippen LogP contribution in [-0.4, -0.2) is 61.6 Å². The van der Waals surface area contributed by atoms with E-state index < -0.39 is 6.04 Å². The van der Waals surface area contributed by atoms with E-state index in [4.69, 9.17) is 9.47 Å². The summed E-state index contributed by atoms with van der Waals surface area (Å²) in [4.78, 5) is 40.3. The molecule has 3 N–H and O–H groups in total. The summed E-state index contributed by atoms with van der Waals surface area (Å²) in [5.74, 6) is 0.823. The highest BCUT2D eigenvalue weighted by Gasteiger charge is 2.40. The first kappa shape index (κ1) is 23.4. The van der Waals surface area contributed by atoms with E-state index in [2.05, 4.69) is 16.0 Å². The van der Waals surface area contributed by atoms with E-state index in [1.807, 2.05) is 32.0 Å². The van der Waals surface area contributed by atoms with Gasteiger partial charge in [-0.1, -0.05) is 6.07 Å². The molecule has 0 bridgehead atoms. The normalized spacial score (nSPS) is 19.5. The van der Waals surface area contributed by atoms with Gasteiger partial charge in [-0.15, -0.1) is 0 Å². The molecule has 9 nitrogen and oxygen atoms in total. The quantitative estimate of drug-likeness (QED) is 0.628. The molecule has 4 amide bonds. The monoisotopic (exact) mass is 466 g/mol. The molecule has 0 unspecified atom stereocenters. The third-order valence-electron chi connectivity index (χ3n) is 6.15. The van der Waals surface area contributed by atoms with Crippen molar-refractivity contribution in [3.05, 3.63) is 42.0 Å². The van der Waals surface area contributed by atoms with Crippen LogP contribution >= 0.6 is 0 Å². The first-order valence-electron chi connectivity index (χ1n) is 11.4. The molecule has 4 rings (SSSR count). The molecule has 180 valence electrons. The zero-order chi connectivity index (χ0) is 24.4. The second kappa shape index (κ2) is 9.62. The van der Waals surface area contributed by atoms with Crippen LogP contribution in [0.3, 0.4) is 0 Å². The van der Waals surface area contributed by atoms with Gasteiger partial charge in [-0.05, 0) is 56.5 Å². The molecule has 34 heavy (non-hydrogen) atoms. The maximum absolute atomic E-state index is 13.5. The van der Waals surface area contributed by atoms with Gasteiger partial charge in [0.15, 0.2) is 0 Å². The summed E-state index contributed by atoms with van der Waals surface area (Å²) < 4.78 is 10.8. The van der Waals surface area contributed by atoms with Gasteiger partial charge in [0.1, 0.15) is 17.5 Å². The highest BCUT2D eigenvalue weighted by Crippen LogP contribution is 2.36. The highest BCUT2D eigenvalue weighted by atomic mass is 16.5. The maximum Gasteiger partial charge on any atom is 0.315 e. The standard InChI is InChI=1S/C25H30N4O5/c1-14(2)26-25(32)27-16-9-10-29-21(12-16)23(30)28-20-8-5-15(11-19(20)24(29)31)18-7-6-17(33-3)13-22(18)34-4/h5-8,11,13-14,16,21H,9-10,12H2,1-4H3,(H,28,30)(H2,26,27,32)/t16-,21+/m1/s1. The Balaban J connectivity index is 1.59. The molecule has 0 radical (unpaired) electrons. The molecule has 0 saturated carbocycles. The average molecular weight is 467 g/mol. The SMILES string of the molecule is COc1ccc(-c2ccc3c(c2)C(=O)N2CC[C@@H](NC(=O)NC(C)C)C[C@H]2C(=O)N3)c(OC)c1. The minimum absolute atomic E-state index is 0.0101. The second-order valence-corrected chi connectivity index (χ2v) is 8.82. The molecular weight excluding hydrogens is 436 g/mol. The largest absolute Gasteiger partial charge is 0.497 e. The Kier molecular flexibility index (Phi) is 6.63. The zero-order valence-corrected chi connectivity index (χ0v) is 19.8. The maximum atomic E-state index is 13.5. The van der Waals surface area contributed by atoms with Crippen LogP contribution in [0.15, 0.2) is 36.4 Å². The number of urea groups is 1. The summed E-state index contributed by atoms with van der Waals surface area (Å²) in [5.41, 5.74) is 2.50. The minimum atomic E-state index is -0.656. The van der Waals surface area contributed by atoms with Crippen molar-refractivity contribution < 1.29 is 23.9 Å². The van der Waals surface area contributed by atoms with Crippen molar-refractivity contribution in [1.29, 1.82) is 0 Å². The molecule has 0 aromatic heterocycles. The van der Waals surface area contributed by atoms with E-state index in [0.717, 1.165) is 11.1 Å². The molecule has 0 spiro atoms. The van der Waals surface area contributed by atoms with Crippen LogP contribution in [0, 0.1) is 0 Å². The summed E-state index contributed by atoms with van der Waals surface area (Å²) in [5, 5.41) is 8.62. The number of benzene rings is 2. The number of piperidine rings is 1. The molecule has 2 aromatic carbocycles. The van der Waals surface area contributed by atoms with Crippen LogP contribution in [0.25, 0.3) is 11.1 Å². The fraction of sp³-hybridized carbons (Fsp3) is 0.400. The second-order valence-electron chi connectivity index (χ2n) is 8.82. The third-order valence-corrected chi connectivity index (χ3v) is 6.15. The summed E-state index contributed by atoms with van der Waals surface area (Å²) in [6.07, 6.45) is 0.929. The van der Waals surface area contributed by atoms with Crippen molar-refractivity contribution in [2.45, 2.75) is 44.8 Å². The molecule has 2 heterocycles. The van der Waals surface area contributed by atoms with E-state index in [1.165, 1.54) is 0 Å². The summed E-state index contributed by atoms with van der Waals surface area (Å²) >= 11 is 0. The number of carbonyl (C=O) groups is 3. The molecular formula is C25H30N4O5. The number of carbonyl (C=O) groups excluding carboxylic acids is 3. The molecule has 1 fully saturated rings. The van der Waals surface area contributed by atoms with Crippen molar-refractivity contribution in [2.75, 3.05) is 26.1 Å². The lowest BCUT2D eigenvalue weighted by Gasteiger charge is -2.37. The number of nitrogens with zero attached hydrogens (tertiary/aromatic N) is 1. The fourth-order valence-corrected chi connectivity index (χ4v) is 4.48. The molecule has 0 aliphatic carbocycles. The topological polar surface area (TPSA) is 109 Å². The van der Waals surface area contributed by atoms with Gasteiger partial charge in [0.05, 0.1) is 25.5 Å². The third kappa shape index (κ3) is 4.64. The molecule has 1 saturated heterocycles. The number of amides is 4. The first-order chi connectivity index (χ1) is 16.3. The summed E-state index contributed by atoms with van der Waals surface area (Å²) in [6, 6.07) is 9.76. The van der Waals surface area contributed by atoms with Gasteiger partial charge in [0, 0.05) is 30.3 Å². The van der Waals surface area contributed by atoms with E-state index in [-0.39, 0.29) is 29.9 Å². The number of nitrogens with one attached hydrogen (secondary N) is 3. The number of rotatable bonds is 5. The Labute approximate surface area is 198 Å². The predicted octanol–water partition coefficient (Wildman–Crippen LogP) is 3.00. The van der Waals surface area contributed by atoms with Gasteiger partial charge in [0.2, 0.25) is 5.91 Å². The lowest BCUT2D eigenvalue weighted by atomic mass is 9.96. The van der Waals surface area contributed by atoms with Crippen LogP contribution in [-0.2, 0) is 4.79 Å². The van der Waals surface area contributed by atoms with Crippen molar-refractivity contribution in [3.63, 3.8) is 0 Å². The number of hydrogen-bond acceptors (Lipinski definition) is 5.